The number of likely N-dealkylation sites (N-methyl/N-ethyl adjacent to an activating group) is 3. The fraction of sp³-hybridized carbons (Fsp3) is 0.955. The van der Waals surface area contributed by atoms with Crippen LogP contribution in [0.3, 0.4) is 0 Å². The van der Waals surface area contributed by atoms with Crippen molar-refractivity contribution in [1.82, 2.24) is 26.6 Å². The number of guanidine groups is 2. The SMILES string of the molecule is CNC(C)[C@@H]1CCC(NCCNC[C@@]2(O)C(O[C@@H]3OC(CO)[C@H](O)[C@H](O)C3NC)[C@H](OC3[C@@H](N=C(N)N)C(O)C(N=C(N)N)[C@@H](O)[C@H]3O)O[C@@H]2C)C(OC2[C@H](O)C(OC3OC[C@](C)(O)[C@H](NC)[C@H]3O)[C@H](N)C[C@@H]2N)O1. The van der Waals surface area contributed by atoms with E-state index in [1.165, 1.54) is 20.9 Å². The number of nitrogens with zero attached hydrogens (tertiary/aromatic N) is 2. The van der Waals surface area contributed by atoms with Crippen molar-refractivity contribution in [2.45, 2.75) is 210 Å². The molecule has 0 aromatic heterocycles. The van der Waals surface area contributed by atoms with E-state index in [-0.39, 0.29) is 44.8 Å². The molecule has 0 aromatic rings. The van der Waals surface area contributed by atoms with Crippen LogP contribution in [0.15, 0.2) is 9.98 Å². The van der Waals surface area contributed by atoms with Crippen molar-refractivity contribution in [3.8, 4) is 0 Å². The third-order valence-electron chi connectivity index (χ3n) is 15.6. The van der Waals surface area contributed by atoms with E-state index in [1.54, 1.807) is 14.1 Å². The van der Waals surface area contributed by atoms with Crippen LogP contribution in [0, 0.1) is 0 Å². The molecule has 4 aliphatic heterocycles. The Labute approximate surface area is 435 Å². The van der Waals surface area contributed by atoms with Gasteiger partial charge in [0, 0.05) is 37.8 Å². The van der Waals surface area contributed by atoms with E-state index in [0.717, 1.165) is 0 Å². The molecule has 2 saturated carbocycles. The zero-order valence-corrected chi connectivity index (χ0v) is 43.3. The fourth-order valence-corrected chi connectivity index (χ4v) is 11.0. The highest BCUT2D eigenvalue weighted by Gasteiger charge is 2.61. The molecule has 436 valence electrons. The van der Waals surface area contributed by atoms with Gasteiger partial charge in [0.1, 0.15) is 96.5 Å². The Hall–Kier alpha value is -2.46. The summed E-state index contributed by atoms with van der Waals surface area (Å²) in [4.78, 5) is 7.91. The van der Waals surface area contributed by atoms with Gasteiger partial charge in [-0.15, -0.1) is 0 Å². The third-order valence-corrected chi connectivity index (χ3v) is 15.6. The third kappa shape index (κ3) is 13.6. The second-order valence-corrected chi connectivity index (χ2v) is 20.9. The number of ether oxygens (including phenoxy) is 8. The zero-order valence-electron chi connectivity index (χ0n) is 43.3. The lowest BCUT2D eigenvalue weighted by Crippen LogP contribution is -2.68. The Morgan fingerprint density at radius 2 is 1.32 bits per heavy atom. The van der Waals surface area contributed by atoms with Crippen molar-refractivity contribution in [1.29, 1.82) is 0 Å². The van der Waals surface area contributed by atoms with Gasteiger partial charge in [-0.2, -0.15) is 0 Å². The minimum atomic E-state index is -2.04. The standard InChI is InChI=1S/C44H87N13O18/c1-15(51-4)20-8-7-19(37(70-20)72-32-17(45)11-18(46)33(30(32)64)73-39-31(65)35(53-6)43(3,66)14-68-39)55-10-9-54-13-44(67)16(2)69-40(36(44)75-38-24(52-5)28(62)25(59)21(12-58)71-38)74-34-23(57-42(49)50)26(60)22(56-41(47)48)27(61)29(34)63/h15-40,51-55,58-67H,7-14,45-46H2,1-6H3,(H4,47,48,56)(H4,49,50,57)/t15?,16-,17+,18-,19?,20+,21?,22?,23+,24?,25+,26?,27-,28-,29-,30+,31-,32?,33?,34?,35-,36?,37?,38+,39?,40+,43+,44+/m1/s1. The van der Waals surface area contributed by atoms with Crippen LogP contribution in [0.2, 0.25) is 0 Å². The van der Waals surface area contributed by atoms with Crippen LogP contribution in [-0.2, 0) is 37.9 Å². The van der Waals surface area contributed by atoms with Crippen LogP contribution < -0.4 is 61.0 Å². The van der Waals surface area contributed by atoms with Gasteiger partial charge < -0.3 is 150 Å². The first-order valence-electron chi connectivity index (χ1n) is 25.5. The summed E-state index contributed by atoms with van der Waals surface area (Å²) in [5, 5.41) is 128. The second kappa shape index (κ2) is 26.2. The summed E-state index contributed by atoms with van der Waals surface area (Å²) >= 11 is 0. The molecule has 6 fully saturated rings. The molecule has 27 N–H and O–H groups in total. The maximum atomic E-state index is 12.6. The summed E-state index contributed by atoms with van der Waals surface area (Å²) < 4.78 is 49.7. The van der Waals surface area contributed by atoms with E-state index in [4.69, 9.17) is 72.3 Å². The Bertz CT molecular complexity index is 1850. The molecular weight excluding hydrogens is 999 g/mol. The van der Waals surface area contributed by atoms with Gasteiger partial charge in [0.2, 0.25) is 0 Å². The highest BCUT2D eigenvalue weighted by molar-refractivity contribution is 5.76. The van der Waals surface area contributed by atoms with Crippen molar-refractivity contribution in [3.63, 3.8) is 0 Å². The van der Waals surface area contributed by atoms with E-state index >= 15 is 0 Å². The molecule has 6 rings (SSSR count). The lowest BCUT2D eigenvalue weighted by atomic mass is 9.81. The maximum Gasteiger partial charge on any atom is 0.187 e. The monoisotopic (exact) mass is 1090 g/mol. The summed E-state index contributed by atoms with van der Waals surface area (Å²) in [5.41, 5.74) is 32.2. The first-order valence-corrected chi connectivity index (χ1v) is 25.5. The number of aliphatic imine (C=N–C) groups is 2. The van der Waals surface area contributed by atoms with Gasteiger partial charge in [-0.05, 0) is 61.2 Å². The van der Waals surface area contributed by atoms with Crippen LogP contribution in [0.25, 0.3) is 0 Å². The summed E-state index contributed by atoms with van der Waals surface area (Å²) in [7, 11) is 4.85. The van der Waals surface area contributed by atoms with Gasteiger partial charge in [0.05, 0.1) is 43.5 Å². The molecule has 31 nitrogen and oxygen atoms in total. The molecule has 0 radical (unpaired) electrons. The van der Waals surface area contributed by atoms with E-state index in [0.29, 0.717) is 12.8 Å². The molecule has 12 unspecified atom stereocenters. The average molecular weight is 1090 g/mol. The van der Waals surface area contributed by atoms with Gasteiger partial charge in [-0.25, -0.2) is 9.98 Å². The van der Waals surface area contributed by atoms with Crippen LogP contribution in [-0.4, -0.2) is 287 Å². The van der Waals surface area contributed by atoms with E-state index in [9.17, 15) is 51.1 Å². The summed E-state index contributed by atoms with van der Waals surface area (Å²) in [5.74, 6) is -1.05. The molecule has 6 aliphatic rings. The number of rotatable bonds is 21. The van der Waals surface area contributed by atoms with Gasteiger partial charge in [0.15, 0.2) is 37.1 Å². The Kier molecular flexibility index (Phi) is 21.6. The van der Waals surface area contributed by atoms with Crippen molar-refractivity contribution in [2.24, 2.45) is 44.4 Å². The molecule has 4 heterocycles. The van der Waals surface area contributed by atoms with Crippen LogP contribution in [0.4, 0.5) is 0 Å². The van der Waals surface area contributed by atoms with Crippen LogP contribution >= 0.6 is 0 Å². The average Bonchev–Trinajstić information content (AvgIpc) is 3.58. The van der Waals surface area contributed by atoms with Crippen molar-refractivity contribution >= 4 is 11.9 Å². The topological polar surface area (TPSA) is 517 Å². The predicted molar refractivity (Wildman–Crippen MR) is 263 cm³/mol. The Balaban J connectivity index is 1.18. The molecule has 2 aliphatic carbocycles. The molecule has 0 spiro atoms. The molecule has 0 aromatic carbocycles. The fourth-order valence-electron chi connectivity index (χ4n) is 11.0. The minimum absolute atomic E-state index is 0.0874. The van der Waals surface area contributed by atoms with Gasteiger partial charge in [-0.3, -0.25) is 0 Å². The number of hydrogen-bond acceptors (Lipinski definition) is 27. The van der Waals surface area contributed by atoms with Crippen LogP contribution in [0.1, 0.15) is 40.0 Å². The zero-order chi connectivity index (χ0) is 55.4. The van der Waals surface area contributed by atoms with Crippen molar-refractivity contribution in [2.75, 3.05) is 54.0 Å². The van der Waals surface area contributed by atoms with E-state index in [1.807, 2.05) is 6.92 Å². The number of nitrogens with two attached hydrogens (primary N) is 6. The second-order valence-electron chi connectivity index (χ2n) is 20.9. The van der Waals surface area contributed by atoms with Gasteiger partial charge >= 0.3 is 0 Å². The Morgan fingerprint density at radius 3 is 1.92 bits per heavy atom. The highest BCUT2D eigenvalue weighted by atomic mass is 16.8. The molecule has 28 atom stereocenters. The highest BCUT2D eigenvalue weighted by Crippen LogP contribution is 2.40. The molecule has 0 amide bonds. The first-order chi connectivity index (χ1) is 35.3. The number of hydrogen-bond donors (Lipinski definition) is 21. The number of aliphatic hydroxyl groups excluding tert-OH is 8. The van der Waals surface area contributed by atoms with E-state index in [2.05, 4.69) is 36.6 Å². The quantitative estimate of drug-likeness (QED) is 0.0288. The Morgan fingerprint density at radius 1 is 0.693 bits per heavy atom. The largest absolute Gasteiger partial charge is 0.394 e. The summed E-state index contributed by atoms with van der Waals surface area (Å²) in [6, 6.07) is -7.08. The maximum absolute atomic E-state index is 12.6. The van der Waals surface area contributed by atoms with Crippen molar-refractivity contribution < 1.29 is 89.0 Å². The first kappa shape index (κ1) is 61.7. The molecule has 75 heavy (non-hydrogen) atoms. The van der Waals surface area contributed by atoms with Crippen LogP contribution in [0.5, 0.6) is 0 Å². The van der Waals surface area contributed by atoms with Gasteiger partial charge in [-0.1, -0.05) is 0 Å². The minimum Gasteiger partial charge on any atom is -0.394 e. The number of nitrogens with one attached hydrogen (secondary N) is 5. The lowest BCUT2D eigenvalue weighted by Gasteiger charge is -2.48. The van der Waals surface area contributed by atoms with Crippen molar-refractivity contribution in [3.05, 3.63) is 0 Å². The smallest absolute Gasteiger partial charge is 0.187 e. The summed E-state index contributed by atoms with van der Waals surface area (Å²) in [6.07, 6.45) is -23.4. The van der Waals surface area contributed by atoms with Gasteiger partial charge in [0.25, 0.3) is 0 Å². The predicted octanol–water partition coefficient (Wildman–Crippen LogP) is -11.5. The lowest BCUT2D eigenvalue weighted by molar-refractivity contribution is -0.316. The molecule has 4 saturated heterocycles. The molecule has 0 bridgehead atoms. The normalized spacial score (nSPS) is 48.0. The van der Waals surface area contributed by atoms with E-state index < -0.39 is 177 Å². The summed E-state index contributed by atoms with van der Waals surface area (Å²) in [6.45, 7) is 4.27. The number of aliphatic hydroxyl groups is 10. The molecule has 31 heteroatoms. The molecular formula is C44H87N13O18.